The summed E-state index contributed by atoms with van der Waals surface area (Å²) in [5.74, 6) is 0.971. The molecule has 0 radical (unpaired) electrons. The monoisotopic (exact) mass is 321 g/mol. The largest absolute Gasteiger partial charge is 0.351 e. The molecule has 1 aromatic rings. The van der Waals surface area contributed by atoms with Crippen LogP contribution < -0.4 is 5.32 Å². The maximum atomic E-state index is 11.6. The third-order valence-corrected chi connectivity index (χ3v) is 3.26. The van der Waals surface area contributed by atoms with E-state index in [1.54, 1.807) is 11.8 Å². The Balaban J connectivity index is 2.56. The van der Waals surface area contributed by atoms with Gasteiger partial charge >= 0.3 is 0 Å². The van der Waals surface area contributed by atoms with E-state index in [4.69, 9.17) is 0 Å². The zero-order valence-electron chi connectivity index (χ0n) is 7.92. The van der Waals surface area contributed by atoms with Crippen LogP contribution in [0.25, 0.3) is 0 Å². The summed E-state index contributed by atoms with van der Waals surface area (Å²) < 4.78 is 0.992. The summed E-state index contributed by atoms with van der Waals surface area (Å²) in [7, 11) is 0. The highest BCUT2D eigenvalue weighted by Crippen LogP contribution is 2.10. The van der Waals surface area contributed by atoms with Crippen LogP contribution in [0.2, 0.25) is 0 Å². The van der Waals surface area contributed by atoms with Crippen molar-refractivity contribution in [1.82, 2.24) is 5.32 Å². The normalized spacial score (nSPS) is 9.86. The van der Waals surface area contributed by atoms with Gasteiger partial charge in [0, 0.05) is 15.9 Å². The highest BCUT2D eigenvalue weighted by atomic mass is 127. The van der Waals surface area contributed by atoms with Gasteiger partial charge in [0.25, 0.3) is 5.91 Å². The van der Waals surface area contributed by atoms with Crippen molar-refractivity contribution in [2.45, 2.75) is 0 Å². The molecule has 14 heavy (non-hydrogen) atoms. The number of benzene rings is 1. The Hall–Kier alpha value is -0.230. The van der Waals surface area contributed by atoms with Crippen LogP contribution in [-0.4, -0.2) is 24.5 Å². The lowest BCUT2D eigenvalue weighted by atomic mass is 10.2. The smallest absolute Gasteiger partial charge is 0.252 e. The van der Waals surface area contributed by atoms with Crippen molar-refractivity contribution >= 4 is 40.3 Å². The predicted octanol–water partition coefficient (Wildman–Crippen LogP) is 2.38. The van der Waals surface area contributed by atoms with E-state index in [2.05, 4.69) is 27.9 Å². The van der Waals surface area contributed by atoms with Crippen molar-refractivity contribution < 1.29 is 4.79 Å². The van der Waals surface area contributed by atoms with Gasteiger partial charge < -0.3 is 5.32 Å². The van der Waals surface area contributed by atoms with Crippen molar-refractivity contribution in [1.29, 1.82) is 0 Å². The Morgan fingerprint density at radius 3 is 2.86 bits per heavy atom. The maximum absolute atomic E-state index is 11.6. The average molecular weight is 321 g/mol. The first-order valence-corrected chi connectivity index (χ1v) is 6.74. The summed E-state index contributed by atoms with van der Waals surface area (Å²) in [6.45, 7) is 0.727. The molecule has 1 N–H and O–H groups in total. The van der Waals surface area contributed by atoms with Gasteiger partial charge in [0.15, 0.2) is 0 Å². The number of nitrogens with one attached hydrogen (secondary N) is 1. The summed E-state index contributed by atoms with van der Waals surface area (Å²) in [4.78, 5) is 11.6. The standard InChI is InChI=1S/C10H12INOS/c1-14-7-6-12-10(13)8-4-2-3-5-9(8)11/h2-5H,6-7H2,1H3,(H,12,13). The number of amides is 1. The SMILES string of the molecule is CSCCNC(=O)c1ccccc1I. The molecule has 0 heterocycles. The van der Waals surface area contributed by atoms with Crippen LogP contribution in [0.15, 0.2) is 24.3 Å². The minimum Gasteiger partial charge on any atom is -0.351 e. The number of hydrogen-bond acceptors (Lipinski definition) is 2. The van der Waals surface area contributed by atoms with Gasteiger partial charge in [-0.2, -0.15) is 11.8 Å². The minimum absolute atomic E-state index is 0.0176. The quantitative estimate of drug-likeness (QED) is 0.681. The second-order valence-electron chi connectivity index (χ2n) is 2.73. The number of rotatable bonds is 4. The van der Waals surface area contributed by atoms with E-state index in [0.717, 1.165) is 21.4 Å². The molecule has 2 nitrogen and oxygen atoms in total. The molecule has 0 saturated heterocycles. The number of hydrogen-bond donors (Lipinski definition) is 1. The van der Waals surface area contributed by atoms with Crippen LogP contribution >= 0.6 is 34.4 Å². The average Bonchev–Trinajstić information content (AvgIpc) is 2.18. The Kier molecular flexibility index (Phi) is 5.32. The summed E-state index contributed by atoms with van der Waals surface area (Å²) >= 11 is 3.90. The molecule has 0 aliphatic heterocycles. The molecule has 0 bridgehead atoms. The van der Waals surface area contributed by atoms with E-state index >= 15 is 0 Å². The van der Waals surface area contributed by atoms with Crippen LogP contribution in [0.1, 0.15) is 10.4 Å². The molecule has 0 fully saturated rings. The lowest BCUT2D eigenvalue weighted by molar-refractivity contribution is 0.0955. The molecule has 1 rings (SSSR count). The van der Waals surface area contributed by atoms with E-state index in [1.165, 1.54) is 0 Å². The van der Waals surface area contributed by atoms with Crippen molar-refractivity contribution in [2.24, 2.45) is 0 Å². The van der Waals surface area contributed by atoms with E-state index in [1.807, 2.05) is 30.5 Å². The Morgan fingerprint density at radius 1 is 1.50 bits per heavy atom. The van der Waals surface area contributed by atoms with Gasteiger partial charge in [0.05, 0.1) is 5.56 Å². The van der Waals surface area contributed by atoms with Crippen LogP contribution in [0.4, 0.5) is 0 Å². The van der Waals surface area contributed by atoms with Crippen molar-refractivity contribution in [2.75, 3.05) is 18.6 Å². The molecular formula is C10H12INOS. The number of carbonyl (C=O) groups excluding carboxylic acids is 1. The third-order valence-electron chi connectivity index (χ3n) is 1.71. The molecule has 0 aliphatic rings. The summed E-state index contributed by atoms with van der Waals surface area (Å²) in [6.07, 6.45) is 2.03. The van der Waals surface area contributed by atoms with Gasteiger partial charge in [0.1, 0.15) is 0 Å². The van der Waals surface area contributed by atoms with Crippen LogP contribution in [0.5, 0.6) is 0 Å². The van der Waals surface area contributed by atoms with Crippen LogP contribution in [0, 0.1) is 3.57 Å². The summed E-state index contributed by atoms with van der Waals surface area (Å²) in [5.41, 5.74) is 0.759. The zero-order valence-corrected chi connectivity index (χ0v) is 10.9. The highest BCUT2D eigenvalue weighted by molar-refractivity contribution is 14.1. The van der Waals surface area contributed by atoms with Crippen LogP contribution in [0.3, 0.4) is 0 Å². The van der Waals surface area contributed by atoms with Gasteiger partial charge in [-0.15, -0.1) is 0 Å². The fourth-order valence-electron chi connectivity index (χ4n) is 1.01. The molecule has 0 atom stereocenters. The fourth-order valence-corrected chi connectivity index (χ4v) is 1.95. The molecule has 0 aromatic heterocycles. The summed E-state index contributed by atoms with van der Waals surface area (Å²) in [6, 6.07) is 7.59. The lowest BCUT2D eigenvalue weighted by Crippen LogP contribution is -2.26. The Morgan fingerprint density at radius 2 is 2.21 bits per heavy atom. The molecule has 76 valence electrons. The topological polar surface area (TPSA) is 29.1 Å². The van der Waals surface area contributed by atoms with Gasteiger partial charge in [-0.3, -0.25) is 4.79 Å². The number of carbonyl (C=O) groups is 1. The van der Waals surface area contributed by atoms with E-state index in [-0.39, 0.29) is 5.91 Å². The predicted molar refractivity (Wildman–Crippen MR) is 69.9 cm³/mol. The molecule has 0 unspecified atom stereocenters. The van der Waals surface area contributed by atoms with Crippen molar-refractivity contribution in [3.05, 3.63) is 33.4 Å². The Bertz CT molecular complexity index is 317. The second-order valence-corrected chi connectivity index (χ2v) is 4.88. The first-order chi connectivity index (χ1) is 6.75. The fraction of sp³-hybridized carbons (Fsp3) is 0.300. The first kappa shape index (κ1) is 11.8. The minimum atomic E-state index is 0.0176. The zero-order chi connectivity index (χ0) is 10.4. The molecule has 0 aliphatic carbocycles. The molecule has 0 spiro atoms. The molecular weight excluding hydrogens is 309 g/mol. The van der Waals surface area contributed by atoms with E-state index in [0.29, 0.717) is 0 Å². The first-order valence-electron chi connectivity index (χ1n) is 4.27. The lowest BCUT2D eigenvalue weighted by Gasteiger charge is -2.05. The molecule has 0 saturated carbocycles. The molecule has 1 aromatic carbocycles. The van der Waals surface area contributed by atoms with E-state index in [9.17, 15) is 4.79 Å². The third kappa shape index (κ3) is 3.49. The van der Waals surface area contributed by atoms with Gasteiger partial charge in [-0.05, 0) is 41.0 Å². The van der Waals surface area contributed by atoms with Gasteiger partial charge in [-0.1, -0.05) is 12.1 Å². The summed E-state index contributed by atoms with van der Waals surface area (Å²) in [5, 5.41) is 2.88. The van der Waals surface area contributed by atoms with Gasteiger partial charge in [0.2, 0.25) is 0 Å². The van der Waals surface area contributed by atoms with Gasteiger partial charge in [-0.25, -0.2) is 0 Å². The van der Waals surface area contributed by atoms with Crippen molar-refractivity contribution in [3.8, 4) is 0 Å². The number of thioether (sulfide) groups is 1. The van der Waals surface area contributed by atoms with Crippen LogP contribution in [-0.2, 0) is 0 Å². The molecule has 4 heteroatoms. The molecule has 1 amide bonds. The van der Waals surface area contributed by atoms with Crippen molar-refractivity contribution in [3.63, 3.8) is 0 Å². The highest BCUT2D eigenvalue weighted by Gasteiger charge is 2.07. The van der Waals surface area contributed by atoms with E-state index < -0.39 is 0 Å². The maximum Gasteiger partial charge on any atom is 0.252 e. The Labute approximate surface area is 102 Å². The number of halogens is 1. The second kappa shape index (κ2) is 6.29.